The van der Waals surface area contributed by atoms with Crippen LogP contribution in [0.25, 0.3) is 0 Å². The fourth-order valence-electron chi connectivity index (χ4n) is 2.85. The Bertz CT molecular complexity index is 850. The predicted molar refractivity (Wildman–Crippen MR) is 106 cm³/mol. The van der Waals surface area contributed by atoms with Crippen LogP contribution in [0.2, 0.25) is 0 Å². The highest BCUT2D eigenvalue weighted by Crippen LogP contribution is 2.41. The zero-order valence-corrected chi connectivity index (χ0v) is 16.1. The van der Waals surface area contributed by atoms with E-state index in [9.17, 15) is 14.9 Å². The van der Waals surface area contributed by atoms with Crippen molar-refractivity contribution in [1.29, 1.82) is 5.26 Å². The molecule has 2 rings (SSSR count). The summed E-state index contributed by atoms with van der Waals surface area (Å²) in [6, 6.07) is 9.86. The monoisotopic (exact) mass is 383 g/mol. The van der Waals surface area contributed by atoms with Crippen molar-refractivity contribution >= 4 is 28.7 Å². The minimum Gasteiger partial charge on any atom is -0.458 e. The number of hydrogen-bond donors (Lipinski definition) is 1. The average molecular weight is 383 g/mol. The van der Waals surface area contributed by atoms with Crippen LogP contribution in [0.1, 0.15) is 24.0 Å². The van der Waals surface area contributed by atoms with Crippen molar-refractivity contribution in [2.75, 3.05) is 12.4 Å². The Morgan fingerprint density at radius 2 is 2.04 bits per heavy atom. The lowest BCUT2D eigenvalue weighted by atomic mass is 9.79. The van der Waals surface area contributed by atoms with Gasteiger partial charge in [0, 0.05) is 11.6 Å². The first-order valence-electron chi connectivity index (χ1n) is 8.33. The van der Waals surface area contributed by atoms with E-state index in [2.05, 4.69) is 17.6 Å². The maximum absolute atomic E-state index is 12.7. The maximum Gasteiger partial charge on any atom is 0.336 e. The van der Waals surface area contributed by atoms with Crippen LogP contribution < -0.4 is 5.73 Å². The van der Waals surface area contributed by atoms with Gasteiger partial charge in [-0.15, -0.1) is 0 Å². The number of aliphatic imine (C=N–C) groups is 1. The normalized spacial score (nSPS) is 19.1. The fourth-order valence-corrected chi connectivity index (χ4v) is 3.71. The summed E-state index contributed by atoms with van der Waals surface area (Å²) in [5.41, 5.74) is 7.92. The van der Waals surface area contributed by atoms with E-state index in [0.717, 1.165) is 22.9 Å². The molecule has 7 heteroatoms. The van der Waals surface area contributed by atoms with Crippen molar-refractivity contribution in [1.82, 2.24) is 0 Å². The van der Waals surface area contributed by atoms with E-state index in [1.165, 1.54) is 6.08 Å². The number of nitrogens with zero attached hydrogens (tertiary/aromatic N) is 2. The summed E-state index contributed by atoms with van der Waals surface area (Å²) in [5.74, 6) is -2.26. The van der Waals surface area contributed by atoms with Crippen molar-refractivity contribution in [2.24, 2.45) is 16.6 Å². The number of nitrogens with two attached hydrogens (primary N) is 1. The molecule has 0 spiro atoms. The number of hydrogen-bond acceptors (Lipinski definition) is 6. The predicted octanol–water partition coefficient (Wildman–Crippen LogP) is 2.85. The van der Waals surface area contributed by atoms with Crippen molar-refractivity contribution in [2.45, 2.75) is 19.8 Å². The lowest BCUT2D eigenvalue weighted by molar-refractivity contribution is -0.138. The second-order valence-electron chi connectivity index (χ2n) is 6.09. The molecule has 1 unspecified atom stereocenters. The van der Waals surface area contributed by atoms with Gasteiger partial charge in [-0.2, -0.15) is 5.26 Å². The topological polar surface area (TPSA) is 106 Å². The molecule has 2 atom stereocenters. The standard InChI is InChI=1S/C20H21N3O3S/c1-4-9-26-20(25)17-13(3)23-19(27-11-16(22)24)15(10-21)18(17)14-7-5-12(2)6-8-14/h4-8,15,18H,1,9,11H2,2-3H3,(H2,22,24)/t15?,18-/m0/s1. The first-order chi connectivity index (χ1) is 12.9. The second-order valence-corrected chi connectivity index (χ2v) is 7.08. The van der Waals surface area contributed by atoms with Gasteiger partial charge in [0.1, 0.15) is 12.5 Å². The summed E-state index contributed by atoms with van der Waals surface area (Å²) < 4.78 is 5.23. The van der Waals surface area contributed by atoms with Crippen LogP contribution in [0.4, 0.5) is 0 Å². The number of primary amides is 1. The first-order valence-corrected chi connectivity index (χ1v) is 9.32. The van der Waals surface area contributed by atoms with Crippen LogP contribution in [-0.2, 0) is 14.3 Å². The van der Waals surface area contributed by atoms with Gasteiger partial charge < -0.3 is 10.5 Å². The molecule has 1 aromatic carbocycles. The maximum atomic E-state index is 12.7. The van der Waals surface area contributed by atoms with E-state index < -0.39 is 23.7 Å². The molecule has 1 amide bonds. The summed E-state index contributed by atoms with van der Waals surface area (Å²) in [5, 5.41) is 10.3. The molecule has 0 radical (unpaired) electrons. The highest BCUT2D eigenvalue weighted by molar-refractivity contribution is 8.14. The number of aryl methyl sites for hydroxylation is 1. The van der Waals surface area contributed by atoms with Gasteiger partial charge in [0.2, 0.25) is 5.91 Å². The Morgan fingerprint density at radius 1 is 1.37 bits per heavy atom. The molecule has 1 heterocycles. The highest BCUT2D eigenvalue weighted by Gasteiger charge is 2.39. The van der Waals surface area contributed by atoms with Gasteiger partial charge in [-0.1, -0.05) is 54.2 Å². The van der Waals surface area contributed by atoms with Crippen LogP contribution in [0, 0.1) is 24.2 Å². The third-order valence-electron chi connectivity index (χ3n) is 4.07. The van der Waals surface area contributed by atoms with Crippen LogP contribution >= 0.6 is 11.8 Å². The van der Waals surface area contributed by atoms with Crippen molar-refractivity contribution < 1.29 is 14.3 Å². The fraction of sp³-hybridized carbons (Fsp3) is 0.300. The molecule has 0 saturated carbocycles. The quantitative estimate of drug-likeness (QED) is 0.601. The largest absolute Gasteiger partial charge is 0.458 e. The highest BCUT2D eigenvalue weighted by atomic mass is 32.2. The minimum absolute atomic E-state index is 0.0150. The number of benzene rings is 1. The molecule has 1 aliphatic heterocycles. The van der Waals surface area contributed by atoms with E-state index in [0.29, 0.717) is 16.3 Å². The Labute approximate surface area is 162 Å². The van der Waals surface area contributed by atoms with E-state index in [1.54, 1.807) is 6.92 Å². The van der Waals surface area contributed by atoms with Gasteiger partial charge in [-0.25, -0.2) is 9.79 Å². The first kappa shape index (κ1) is 20.5. The number of ether oxygens (including phenoxy) is 1. The van der Waals surface area contributed by atoms with Crippen LogP contribution in [0.15, 0.2) is 53.2 Å². The molecule has 0 aromatic heterocycles. The number of carbonyl (C=O) groups is 2. The third-order valence-corrected chi connectivity index (χ3v) is 5.14. The molecule has 27 heavy (non-hydrogen) atoms. The zero-order valence-electron chi connectivity index (χ0n) is 15.3. The Morgan fingerprint density at radius 3 is 2.59 bits per heavy atom. The van der Waals surface area contributed by atoms with Gasteiger partial charge >= 0.3 is 5.97 Å². The number of allylic oxidation sites excluding steroid dienone is 1. The molecular weight excluding hydrogens is 362 g/mol. The van der Waals surface area contributed by atoms with Gasteiger partial charge in [-0.3, -0.25) is 4.79 Å². The summed E-state index contributed by atoms with van der Waals surface area (Å²) >= 11 is 1.13. The van der Waals surface area contributed by atoms with Crippen molar-refractivity contribution in [3.8, 4) is 6.07 Å². The minimum atomic E-state index is -0.716. The van der Waals surface area contributed by atoms with E-state index in [1.807, 2.05) is 31.2 Å². The smallest absolute Gasteiger partial charge is 0.336 e. The number of carbonyl (C=O) groups excluding carboxylic acids is 2. The van der Waals surface area contributed by atoms with E-state index in [-0.39, 0.29) is 12.4 Å². The average Bonchev–Trinajstić information content (AvgIpc) is 2.64. The lowest BCUT2D eigenvalue weighted by Crippen LogP contribution is -2.30. The Kier molecular flexibility index (Phi) is 6.97. The second kappa shape index (κ2) is 9.19. The van der Waals surface area contributed by atoms with Crippen molar-refractivity contribution in [3.05, 3.63) is 59.3 Å². The van der Waals surface area contributed by atoms with Crippen LogP contribution in [0.3, 0.4) is 0 Å². The van der Waals surface area contributed by atoms with Gasteiger partial charge in [0.25, 0.3) is 0 Å². The summed E-state index contributed by atoms with van der Waals surface area (Å²) in [4.78, 5) is 28.2. The van der Waals surface area contributed by atoms with Gasteiger partial charge in [-0.05, 0) is 19.4 Å². The number of thioether (sulfide) groups is 1. The number of nitriles is 1. The third kappa shape index (κ3) is 4.86. The molecule has 0 bridgehead atoms. The van der Waals surface area contributed by atoms with E-state index >= 15 is 0 Å². The number of rotatable bonds is 6. The number of amides is 1. The Hall–Kier alpha value is -2.85. The van der Waals surface area contributed by atoms with Crippen LogP contribution in [0.5, 0.6) is 0 Å². The number of esters is 1. The molecule has 1 aliphatic rings. The molecule has 6 nitrogen and oxygen atoms in total. The van der Waals surface area contributed by atoms with Crippen molar-refractivity contribution in [3.63, 3.8) is 0 Å². The van der Waals surface area contributed by atoms with Gasteiger partial charge in [0.05, 0.1) is 22.4 Å². The van der Waals surface area contributed by atoms with Crippen LogP contribution in [-0.4, -0.2) is 29.3 Å². The van der Waals surface area contributed by atoms with Gasteiger partial charge in [0.15, 0.2) is 0 Å². The molecule has 2 N–H and O–H groups in total. The summed E-state index contributed by atoms with van der Waals surface area (Å²) in [6.07, 6.45) is 1.48. The Balaban J connectivity index is 2.54. The molecule has 0 saturated heterocycles. The molecule has 1 aromatic rings. The molecule has 0 aliphatic carbocycles. The molecule has 0 fully saturated rings. The lowest BCUT2D eigenvalue weighted by Gasteiger charge is -2.29. The SMILES string of the molecule is C=CCOC(=O)C1=C(C)N=C(SCC(N)=O)C(C#N)[C@@H]1c1ccc(C)cc1. The van der Waals surface area contributed by atoms with E-state index in [4.69, 9.17) is 10.5 Å². The zero-order chi connectivity index (χ0) is 20.0. The summed E-state index contributed by atoms with van der Waals surface area (Å²) in [7, 11) is 0. The molecular formula is C20H21N3O3S. The summed E-state index contributed by atoms with van der Waals surface area (Å²) in [6.45, 7) is 7.28. The molecule has 140 valence electrons.